The zero-order chi connectivity index (χ0) is 19.1. The van der Waals surface area contributed by atoms with Crippen LogP contribution in [0.15, 0.2) is 36.4 Å². The van der Waals surface area contributed by atoms with E-state index in [1.165, 1.54) is 45.6 Å². The number of aromatic hydroxyl groups is 1. The van der Waals surface area contributed by atoms with Crippen LogP contribution < -0.4 is 30.4 Å². The van der Waals surface area contributed by atoms with Crippen molar-refractivity contribution >= 4 is 17.6 Å². The van der Waals surface area contributed by atoms with E-state index in [4.69, 9.17) is 14.2 Å². The van der Waals surface area contributed by atoms with Gasteiger partial charge in [-0.3, -0.25) is 10.2 Å². The monoisotopic (exact) mass is 361 g/mol. The Balaban J connectivity index is 2.04. The Morgan fingerprint density at radius 3 is 2.08 bits per heavy atom. The van der Waals surface area contributed by atoms with E-state index in [0.29, 0.717) is 22.9 Å². The smallest absolute Gasteiger partial charge is 0.337 e. The molecule has 0 aromatic heterocycles. The SMILES string of the molecule is COc1cc(NC(=O)NNC(=O)c2ccccc2O)cc(OC)c1OC. The molecule has 26 heavy (non-hydrogen) atoms. The fourth-order valence-electron chi connectivity index (χ4n) is 2.16. The molecule has 0 fully saturated rings. The van der Waals surface area contributed by atoms with Crippen molar-refractivity contribution in [3.63, 3.8) is 0 Å². The lowest BCUT2D eigenvalue weighted by atomic mass is 10.2. The highest BCUT2D eigenvalue weighted by molar-refractivity contribution is 5.99. The lowest BCUT2D eigenvalue weighted by Crippen LogP contribution is -2.43. The van der Waals surface area contributed by atoms with E-state index in [9.17, 15) is 14.7 Å². The molecule has 0 unspecified atom stereocenters. The normalized spacial score (nSPS) is 9.81. The van der Waals surface area contributed by atoms with Gasteiger partial charge in [-0.05, 0) is 12.1 Å². The number of anilines is 1. The number of hydrazine groups is 1. The molecule has 138 valence electrons. The van der Waals surface area contributed by atoms with E-state index in [2.05, 4.69) is 16.2 Å². The quantitative estimate of drug-likeness (QED) is 0.604. The molecule has 0 spiro atoms. The topological polar surface area (TPSA) is 118 Å². The van der Waals surface area contributed by atoms with Crippen LogP contribution in [-0.2, 0) is 0 Å². The third kappa shape index (κ3) is 4.26. The van der Waals surface area contributed by atoms with E-state index < -0.39 is 11.9 Å². The average Bonchev–Trinajstić information content (AvgIpc) is 2.65. The fraction of sp³-hybridized carbons (Fsp3) is 0.176. The fourth-order valence-corrected chi connectivity index (χ4v) is 2.16. The van der Waals surface area contributed by atoms with Crippen molar-refractivity contribution < 1.29 is 28.9 Å². The number of benzene rings is 2. The van der Waals surface area contributed by atoms with Crippen LogP contribution in [0, 0.1) is 0 Å². The Bertz CT molecular complexity index is 784. The summed E-state index contributed by atoms with van der Waals surface area (Å²) in [6.07, 6.45) is 0. The highest BCUT2D eigenvalue weighted by Crippen LogP contribution is 2.39. The Labute approximate surface area is 149 Å². The minimum Gasteiger partial charge on any atom is -0.507 e. The van der Waals surface area contributed by atoms with Crippen LogP contribution in [0.1, 0.15) is 10.4 Å². The Kier molecular flexibility index (Phi) is 6.10. The molecule has 3 amide bonds. The summed E-state index contributed by atoms with van der Waals surface area (Å²) < 4.78 is 15.6. The number of carbonyl (C=O) groups excluding carboxylic acids is 2. The summed E-state index contributed by atoms with van der Waals surface area (Å²) in [6, 6.07) is 8.32. The lowest BCUT2D eigenvalue weighted by Gasteiger charge is -2.15. The van der Waals surface area contributed by atoms with Gasteiger partial charge in [0.15, 0.2) is 11.5 Å². The summed E-state index contributed by atoms with van der Waals surface area (Å²) >= 11 is 0. The molecule has 0 aliphatic heterocycles. The molecule has 2 aromatic rings. The number of phenolic OH excluding ortho intramolecular Hbond substituents is 1. The zero-order valence-electron chi connectivity index (χ0n) is 14.5. The van der Waals surface area contributed by atoms with Crippen molar-refractivity contribution in [3.8, 4) is 23.0 Å². The van der Waals surface area contributed by atoms with Crippen molar-refractivity contribution in [2.75, 3.05) is 26.6 Å². The summed E-state index contributed by atoms with van der Waals surface area (Å²) in [5, 5.41) is 12.1. The van der Waals surface area contributed by atoms with Gasteiger partial charge in [0.2, 0.25) is 5.75 Å². The summed E-state index contributed by atoms with van der Waals surface area (Å²) in [6.45, 7) is 0. The Hall–Kier alpha value is -3.62. The standard InChI is InChI=1S/C17H19N3O6/c1-24-13-8-10(9-14(25-2)15(13)26-3)18-17(23)20-19-16(22)11-6-4-5-7-12(11)21/h4-9,21H,1-3H3,(H,19,22)(H2,18,20,23). The van der Waals surface area contributed by atoms with Crippen molar-refractivity contribution in [2.24, 2.45) is 0 Å². The number of methoxy groups -OCH3 is 3. The number of carbonyl (C=O) groups is 2. The number of amides is 3. The summed E-state index contributed by atoms with van der Waals surface area (Å²) in [4.78, 5) is 23.9. The number of hydrogen-bond acceptors (Lipinski definition) is 6. The van der Waals surface area contributed by atoms with Gasteiger partial charge in [-0.2, -0.15) is 0 Å². The Morgan fingerprint density at radius 2 is 1.54 bits per heavy atom. The first-order valence-electron chi connectivity index (χ1n) is 7.45. The highest BCUT2D eigenvalue weighted by Gasteiger charge is 2.15. The van der Waals surface area contributed by atoms with E-state index in [0.717, 1.165) is 0 Å². The van der Waals surface area contributed by atoms with Gasteiger partial charge in [-0.25, -0.2) is 10.2 Å². The van der Waals surface area contributed by atoms with Gasteiger partial charge >= 0.3 is 6.03 Å². The van der Waals surface area contributed by atoms with Gasteiger partial charge in [0.25, 0.3) is 5.91 Å². The van der Waals surface area contributed by atoms with Crippen molar-refractivity contribution in [2.45, 2.75) is 0 Å². The van der Waals surface area contributed by atoms with E-state index >= 15 is 0 Å². The first-order chi connectivity index (χ1) is 12.5. The summed E-state index contributed by atoms with van der Waals surface area (Å²) in [5.41, 5.74) is 4.76. The molecule has 0 bridgehead atoms. The first-order valence-corrected chi connectivity index (χ1v) is 7.45. The molecular weight excluding hydrogens is 342 g/mol. The van der Waals surface area contributed by atoms with Gasteiger partial charge in [-0.15, -0.1) is 0 Å². The average molecular weight is 361 g/mol. The number of hydrogen-bond donors (Lipinski definition) is 4. The maximum absolute atomic E-state index is 12.0. The molecule has 0 heterocycles. The second kappa shape index (κ2) is 8.47. The number of nitrogens with one attached hydrogen (secondary N) is 3. The van der Waals surface area contributed by atoms with Crippen LogP contribution in [0.2, 0.25) is 0 Å². The Morgan fingerprint density at radius 1 is 0.923 bits per heavy atom. The first kappa shape index (κ1) is 18.7. The van der Waals surface area contributed by atoms with E-state index in [1.54, 1.807) is 12.1 Å². The van der Waals surface area contributed by atoms with Gasteiger partial charge in [0, 0.05) is 12.1 Å². The molecule has 9 heteroatoms. The van der Waals surface area contributed by atoms with E-state index in [1.807, 2.05) is 0 Å². The molecule has 4 N–H and O–H groups in total. The largest absolute Gasteiger partial charge is 0.507 e. The predicted molar refractivity (Wildman–Crippen MR) is 93.8 cm³/mol. The van der Waals surface area contributed by atoms with Crippen LogP contribution in [0.25, 0.3) is 0 Å². The number of urea groups is 1. The molecule has 2 rings (SSSR count). The van der Waals surface area contributed by atoms with Gasteiger partial charge in [0.1, 0.15) is 5.75 Å². The molecule has 0 saturated carbocycles. The second-order valence-corrected chi connectivity index (χ2v) is 4.96. The summed E-state index contributed by atoms with van der Waals surface area (Å²) in [7, 11) is 4.37. The molecule has 2 aromatic carbocycles. The predicted octanol–water partition coefficient (Wildman–Crippen LogP) is 1.88. The minimum atomic E-state index is -0.706. The molecule has 0 saturated heterocycles. The van der Waals surface area contributed by atoms with Crippen LogP contribution in [0.5, 0.6) is 23.0 Å². The van der Waals surface area contributed by atoms with Gasteiger partial charge < -0.3 is 24.6 Å². The van der Waals surface area contributed by atoms with Crippen LogP contribution in [0.3, 0.4) is 0 Å². The number of rotatable bonds is 5. The van der Waals surface area contributed by atoms with Crippen LogP contribution in [0.4, 0.5) is 10.5 Å². The third-order valence-electron chi connectivity index (χ3n) is 3.36. The maximum atomic E-state index is 12.0. The van der Waals surface area contributed by atoms with Crippen LogP contribution in [-0.4, -0.2) is 38.4 Å². The molecular formula is C17H19N3O6. The van der Waals surface area contributed by atoms with Crippen molar-refractivity contribution in [1.82, 2.24) is 10.9 Å². The van der Waals surface area contributed by atoms with Crippen molar-refractivity contribution in [3.05, 3.63) is 42.0 Å². The molecule has 0 radical (unpaired) electrons. The van der Waals surface area contributed by atoms with Crippen LogP contribution >= 0.6 is 0 Å². The second-order valence-electron chi connectivity index (χ2n) is 4.96. The third-order valence-corrected chi connectivity index (χ3v) is 3.36. The highest BCUT2D eigenvalue weighted by atomic mass is 16.5. The summed E-state index contributed by atoms with van der Waals surface area (Å²) in [5.74, 6) is 0.245. The van der Waals surface area contributed by atoms with E-state index in [-0.39, 0.29) is 11.3 Å². The number of para-hydroxylation sites is 1. The molecule has 0 atom stereocenters. The number of phenols is 1. The van der Waals surface area contributed by atoms with Gasteiger partial charge in [0.05, 0.1) is 32.6 Å². The lowest BCUT2D eigenvalue weighted by molar-refractivity contribution is 0.0935. The van der Waals surface area contributed by atoms with Crippen molar-refractivity contribution in [1.29, 1.82) is 0 Å². The zero-order valence-corrected chi connectivity index (χ0v) is 14.5. The number of ether oxygens (including phenoxy) is 3. The van der Waals surface area contributed by atoms with Gasteiger partial charge in [-0.1, -0.05) is 12.1 Å². The molecule has 9 nitrogen and oxygen atoms in total. The molecule has 0 aliphatic rings. The maximum Gasteiger partial charge on any atom is 0.337 e. The molecule has 0 aliphatic carbocycles. The minimum absolute atomic E-state index is 0.0283.